The van der Waals surface area contributed by atoms with Gasteiger partial charge >= 0.3 is 0 Å². The summed E-state index contributed by atoms with van der Waals surface area (Å²) in [6.45, 7) is 0. The van der Waals surface area contributed by atoms with E-state index in [1.807, 2.05) is 6.07 Å². The Bertz CT molecular complexity index is 538. The third-order valence-corrected chi connectivity index (χ3v) is 2.46. The van der Waals surface area contributed by atoms with Crippen LogP contribution in [0.4, 0.5) is 5.82 Å². The summed E-state index contributed by atoms with van der Waals surface area (Å²) in [6.07, 6.45) is 0. The van der Waals surface area contributed by atoms with Gasteiger partial charge in [-0.3, -0.25) is 0 Å². The second kappa shape index (κ2) is 5.92. The van der Waals surface area contributed by atoms with Crippen LogP contribution in [0.1, 0.15) is 0 Å². The molecule has 0 aliphatic carbocycles. The van der Waals surface area contributed by atoms with Gasteiger partial charge in [0, 0.05) is 6.07 Å². The fraction of sp³-hybridized carbons (Fsp3) is 0.154. The summed E-state index contributed by atoms with van der Waals surface area (Å²) >= 11 is 0. The number of hydrazine groups is 1. The summed E-state index contributed by atoms with van der Waals surface area (Å²) in [5.41, 5.74) is 2.46. The van der Waals surface area contributed by atoms with Crippen LogP contribution in [0.5, 0.6) is 23.1 Å². The third kappa shape index (κ3) is 2.86. The zero-order valence-electron chi connectivity index (χ0n) is 10.7. The molecule has 6 heteroatoms. The van der Waals surface area contributed by atoms with Gasteiger partial charge in [0.1, 0.15) is 5.82 Å². The highest BCUT2D eigenvalue weighted by molar-refractivity contribution is 5.52. The quantitative estimate of drug-likeness (QED) is 0.634. The molecule has 0 aliphatic heterocycles. The van der Waals surface area contributed by atoms with Crippen LogP contribution < -0.4 is 25.5 Å². The lowest BCUT2D eigenvalue weighted by Gasteiger charge is -2.13. The molecule has 0 spiro atoms. The Hall–Kier alpha value is -2.47. The number of anilines is 1. The van der Waals surface area contributed by atoms with Crippen molar-refractivity contribution in [2.24, 2.45) is 5.84 Å². The van der Waals surface area contributed by atoms with Gasteiger partial charge in [0.2, 0.25) is 11.6 Å². The maximum Gasteiger partial charge on any atom is 0.221 e. The van der Waals surface area contributed by atoms with Crippen molar-refractivity contribution in [1.82, 2.24) is 4.98 Å². The molecule has 0 fully saturated rings. The Labute approximate surface area is 111 Å². The van der Waals surface area contributed by atoms with E-state index in [1.165, 1.54) is 0 Å². The Balaban J connectivity index is 2.36. The van der Waals surface area contributed by atoms with Gasteiger partial charge < -0.3 is 19.6 Å². The smallest absolute Gasteiger partial charge is 0.221 e. The van der Waals surface area contributed by atoms with Crippen LogP contribution >= 0.6 is 0 Å². The van der Waals surface area contributed by atoms with E-state index in [1.54, 1.807) is 44.6 Å². The normalized spacial score (nSPS) is 9.84. The molecule has 1 aromatic carbocycles. The molecule has 0 saturated carbocycles. The minimum atomic E-state index is 0.387. The van der Waals surface area contributed by atoms with Gasteiger partial charge in [-0.05, 0) is 18.2 Å². The van der Waals surface area contributed by atoms with E-state index >= 15 is 0 Å². The second-order valence-corrected chi connectivity index (χ2v) is 3.60. The standard InChI is InChI=1S/C13H15N3O3/c1-17-9-5-3-6-10(18-2)13(9)19-12-8-4-7-11(15-12)16-14/h3-8H,14H2,1-2H3,(H,15,16). The summed E-state index contributed by atoms with van der Waals surface area (Å²) in [5.74, 6) is 7.79. The van der Waals surface area contributed by atoms with Crippen LogP contribution in [0.2, 0.25) is 0 Å². The molecule has 2 rings (SSSR count). The van der Waals surface area contributed by atoms with Crippen LogP contribution in [0.25, 0.3) is 0 Å². The Kier molecular flexibility index (Phi) is 4.04. The van der Waals surface area contributed by atoms with Gasteiger partial charge in [0.15, 0.2) is 11.5 Å². The lowest BCUT2D eigenvalue weighted by molar-refractivity contribution is 0.342. The lowest BCUT2D eigenvalue weighted by Crippen LogP contribution is -2.08. The molecular formula is C13H15N3O3. The molecule has 0 atom stereocenters. The van der Waals surface area contributed by atoms with Crippen LogP contribution in [-0.4, -0.2) is 19.2 Å². The van der Waals surface area contributed by atoms with Crippen LogP contribution in [0.3, 0.4) is 0 Å². The van der Waals surface area contributed by atoms with Crippen LogP contribution in [0, 0.1) is 0 Å². The summed E-state index contributed by atoms with van der Waals surface area (Å²) in [6, 6.07) is 10.6. The fourth-order valence-corrected chi connectivity index (χ4v) is 1.57. The summed E-state index contributed by atoms with van der Waals surface area (Å²) in [5, 5.41) is 0. The topological polar surface area (TPSA) is 78.6 Å². The maximum atomic E-state index is 5.71. The van der Waals surface area contributed by atoms with E-state index in [9.17, 15) is 0 Å². The summed E-state index contributed by atoms with van der Waals surface area (Å²) in [4.78, 5) is 4.17. The first-order chi connectivity index (χ1) is 9.28. The van der Waals surface area contributed by atoms with E-state index in [0.717, 1.165) is 0 Å². The second-order valence-electron chi connectivity index (χ2n) is 3.60. The lowest BCUT2D eigenvalue weighted by atomic mass is 10.3. The first-order valence-electron chi connectivity index (χ1n) is 5.61. The highest BCUT2D eigenvalue weighted by Crippen LogP contribution is 2.39. The van der Waals surface area contributed by atoms with Gasteiger partial charge in [-0.15, -0.1) is 0 Å². The Morgan fingerprint density at radius 3 is 2.21 bits per heavy atom. The highest BCUT2D eigenvalue weighted by Gasteiger charge is 2.13. The number of hydrogen-bond acceptors (Lipinski definition) is 6. The molecule has 0 amide bonds. The monoisotopic (exact) mass is 261 g/mol. The molecule has 1 aromatic heterocycles. The van der Waals surface area contributed by atoms with E-state index in [4.69, 9.17) is 20.1 Å². The number of hydrogen-bond donors (Lipinski definition) is 2. The van der Waals surface area contributed by atoms with Crippen molar-refractivity contribution in [1.29, 1.82) is 0 Å². The van der Waals surface area contributed by atoms with Crippen LogP contribution in [-0.2, 0) is 0 Å². The molecule has 0 radical (unpaired) electrons. The van der Waals surface area contributed by atoms with Gasteiger partial charge in [-0.2, -0.15) is 4.98 Å². The van der Waals surface area contributed by atoms with E-state index in [2.05, 4.69) is 10.4 Å². The molecule has 1 heterocycles. The van der Waals surface area contributed by atoms with Gasteiger partial charge in [-0.1, -0.05) is 12.1 Å². The molecule has 2 aromatic rings. The number of ether oxygens (including phenoxy) is 3. The average Bonchev–Trinajstić information content (AvgIpc) is 2.47. The Morgan fingerprint density at radius 2 is 1.63 bits per heavy atom. The number of methoxy groups -OCH3 is 2. The molecular weight excluding hydrogens is 246 g/mol. The molecule has 100 valence electrons. The minimum absolute atomic E-state index is 0.387. The van der Waals surface area contributed by atoms with E-state index in [-0.39, 0.29) is 0 Å². The number of nitrogens with one attached hydrogen (secondary N) is 1. The van der Waals surface area contributed by atoms with Crippen molar-refractivity contribution in [3.05, 3.63) is 36.4 Å². The highest BCUT2D eigenvalue weighted by atomic mass is 16.5. The summed E-state index contributed by atoms with van der Waals surface area (Å²) < 4.78 is 16.2. The number of nitrogens with zero attached hydrogens (tertiary/aromatic N) is 1. The number of pyridine rings is 1. The molecule has 19 heavy (non-hydrogen) atoms. The maximum absolute atomic E-state index is 5.71. The first-order valence-corrected chi connectivity index (χ1v) is 5.61. The molecule has 6 nitrogen and oxygen atoms in total. The van der Waals surface area contributed by atoms with Crippen molar-refractivity contribution in [2.75, 3.05) is 19.6 Å². The molecule has 0 aliphatic rings. The molecule has 0 bridgehead atoms. The largest absolute Gasteiger partial charge is 0.493 e. The van der Waals surface area contributed by atoms with Gasteiger partial charge in [0.05, 0.1) is 14.2 Å². The number of nitrogen functional groups attached to an aromatic ring is 1. The van der Waals surface area contributed by atoms with Crippen LogP contribution in [0.15, 0.2) is 36.4 Å². The number of rotatable bonds is 5. The van der Waals surface area contributed by atoms with E-state index in [0.29, 0.717) is 28.9 Å². The minimum Gasteiger partial charge on any atom is -0.493 e. The predicted molar refractivity (Wildman–Crippen MR) is 71.7 cm³/mol. The first kappa shape index (κ1) is 13.0. The van der Waals surface area contributed by atoms with Crippen molar-refractivity contribution >= 4 is 5.82 Å². The molecule has 0 unspecified atom stereocenters. The predicted octanol–water partition coefficient (Wildman–Crippen LogP) is 2.18. The SMILES string of the molecule is COc1cccc(OC)c1Oc1cccc(NN)n1. The number of benzene rings is 1. The summed E-state index contributed by atoms with van der Waals surface area (Å²) in [7, 11) is 3.12. The average molecular weight is 261 g/mol. The zero-order chi connectivity index (χ0) is 13.7. The van der Waals surface area contributed by atoms with Crippen molar-refractivity contribution in [3.8, 4) is 23.1 Å². The Morgan fingerprint density at radius 1 is 1.00 bits per heavy atom. The molecule has 0 saturated heterocycles. The van der Waals surface area contributed by atoms with Crippen molar-refractivity contribution in [2.45, 2.75) is 0 Å². The van der Waals surface area contributed by atoms with Gasteiger partial charge in [0.25, 0.3) is 0 Å². The number of aromatic nitrogens is 1. The molecule has 3 N–H and O–H groups in total. The number of para-hydroxylation sites is 1. The van der Waals surface area contributed by atoms with E-state index < -0.39 is 0 Å². The van der Waals surface area contributed by atoms with Crippen molar-refractivity contribution < 1.29 is 14.2 Å². The van der Waals surface area contributed by atoms with Gasteiger partial charge in [-0.25, -0.2) is 5.84 Å². The van der Waals surface area contributed by atoms with Crippen molar-refractivity contribution in [3.63, 3.8) is 0 Å². The zero-order valence-corrected chi connectivity index (χ0v) is 10.7. The fourth-order valence-electron chi connectivity index (χ4n) is 1.57. The number of nitrogens with two attached hydrogens (primary N) is 1. The third-order valence-electron chi connectivity index (χ3n) is 2.46.